The first-order chi connectivity index (χ1) is 9.72. The quantitative estimate of drug-likeness (QED) is 0.773. The number of hydrogen-bond donors (Lipinski definition) is 2. The lowest BCUT2D eigenvalue weighted by molar-refractivity contribution is -0.116. The van der Waals surface area contributed by atoms with E-state index in [-0.39, 0.29) is 36.5 Å². The fourth-order valence-electron chi connectivity index (χ4n) is 2.49. The minimum absolute atomic E-state index is 0. The molecule has 1 heterocycles. The van der Waals surface area contributed by atoms with Gasteiger partial charge in [-0.3, -0.25) is 4.79 Å². The summed E-state index contributed by atoms with van der Waals surface area (Å²) in [6.45, 7) is 2.63. The van der Waals surface area contributed by atoms with Gasteiger partial charge in [0.15, 0.2) is 0 Å². The molecule has 0 aliphatic carbocycles. The first-order valence-corrected chi connectivity index (χ1v) is 7.20. The van der Waals surface area contributed by atoms with E-state index in [1.54, 1.807) is 6.07 Å². The van der Waals surface area contributed by atoms with Crippen molar-refractivity contribution in [3.05, 3.63) is 24.0 Å². The zero-order valence-corrected chi connectivity index (χ0v) is 14.4. The molecule has 1 aliphatic rings. The van der Waals surface area contributed by atoms with Crippen LogP contribution in [0.25, 0.3) is 0 Å². The molecule has 22 heavy (non-hydrogen) atoms. The second-order valence-corrected chi connectivity index (χ2v) is 5.08. The highest BCUT2D eigenvalue weighted by Crippen LogP contribution is 2.31. The maximum atomic E-state index is 14.0. The number of nitrogens with one attached hydrogen (secondary N) is 2. The average molecular weight is 352 g/mol. The number of carbonyl (C=O) groups excluding carboxylic acids is 1. The van der Waals surface area contributed by atoms with Crippen molar-refractivity contribution in [1.29, 1.82) is 0 Å². The zero-order chi connectivity index (χ0) is 14.4. The lowest BCUT2D eigenvalue weighted by Gasteiger charge is -2.22. The van der Waals surface area contributed by atoms with E-state index < -0.39 is 0 Å². The zero-order valence-electron chi connectivity index (χ0n) is 12.7. The standard InChI is InChI=1S/C15H22FN3O.2ClH/c1-17-9-5-8-14(20)18-15-12(16)6-4-7-13(15)19-10-2-3-11-19;;/h4,6-7,17H,2-3,5,8-11H2,1H3,(H,18,20);2*1H. The van der Waals surface area contributed by atoms with Crippen LogP contribution in [0.2, 0.25) is 0 Å². The number of benzene rings is 1. The van der Waals surface area contributed by atoms with Gasteiger partial charge in [-0.2, -0.15) is 0 Å². The van der Waals surface area contributed by atoms with Gasteiger partial charge < -0.3 is 15.5 Å². The number of carbonyl (C=O) groups is 1. The number of amides is 1. The molecule has 2 N–H and O–H groups in total. The number of nitrogens with zero attached hydrogens (tertiary/aromatic N) is 1. The van der Waals surface area contributed by atoms with Crippen LogP contribution in [0.3, 0.4) is 0 Å². The Morgan fingerprint density at radius 3 is 2.59 bits per heavy atom. The van der Waals surface area contributed by atoms with Gasteiger partial charge in [-0.05, 0) is 45.0 Å². The third-order valence-electron chi connectivity index (χ3n) is 3.53. The molecule has 0 radical (unpaired) electrons. The van der Waals surface area contributed by atoms with Crippen LogP contribution >= 0.6 is 24.8 Å². The molecule has 126 valence electrons. The van der Waals surface area contributed by atoms with Crippen molar-refractivity contribution in [3.8, 4) is 0 Å². The van der Waals surface area contributed by atoms with E-state index in [0.29, 0.717) is 12.1 Å². The summed E-state index contributed by atoms with van der Waals surface area (Å²) >= 11 is 0. The van der Waals surface area contributed by atoms with Crippen molar-refractivity contribution < 1.29 is 9.18 Å². The molecule has 0 spiro atoms. The third-order valence-corrected chi connectivity index (χ3v) is 3.53. The van der Waals surface area contributed by atoms with Crippen LogP contribution in [0.5, 0.6) is 0 Å². The van der Waals surface area contributed by atoms with Gasteiger partial charge >= 0.3 is 0 Å². The Bertz CT molecular complexity index is 468. The van der Waals surface area contributed by atoms with E-state index in [1.165, 1.54) is 6.07 Å². The van der Waals surface area contributed by atoms with Crippen molar-refractivity contribution in [3.63, 3.8) is 0 Å². The van der Waals surface area contributed by atoms with Crippen LogP contribution in [0.15, 0.2) is 18.2 Å². The number of hydrogen-bond acceptors (Lipinski definition) is 3. The molecule has 0 aromatic heterocycles. The molecular weight excluding hydrogens is 328 g/mol. The molecule has 1 amide bonds. The fourth-order valence-corrected chi connectivity index (χ4v) is 2.49. The van der Waals surface area contributed by atoms with E-state index in [2.05, 4.69) is 15.5 Å². The van der Waals surface area contributed by atoms with Crippen LogP contribution in [0.1, 0.15) is 25.7 Å². The minimum Gasteiger partial charge on any atom is -0.370 e. The van der Waals surface area contributed by atoms with Gasteiger partial charge in [0, 0.05) is 19.5 Å². The highest BCUT2D eigenvalue weighted by molar-refractivity contribution is 5.94. The summed E-state index contributed by atoms with van der Waals surface area (Å²) in [4.78, 5) is 14.0. The lowest BCUT2D eigenvalue weighted by atomic mass is 10.2. The summed E-state index contributed by atoms with van der Waals surface area (Å²) in [6.07, 6.45) is 3.38. The number of anilines is 2. The molecule has 7 heteroatoms. The largest absolute Gasteiger partial charge is 0.370 e. The Morgan fingerprint density at radius 2 is 1.95 bits per heavy atom. The van der Waals surface area contributed by atoms with Crippen LogP contribution in [-0.2, 0) is 4.79 Å². The van der Waals surface area contributed by atoms with Gasteiger partial charge in [0.1, 0.15) is 11.5 Å². The summed E-state index contributed by atoms with van der Waals surface area (Å²) < 4.78 is 14.0. The second kappa shape index (κ2) is 10.6. The van der Waals surface area contributed by atoms with E-state index >= 15 is 0 Å². The van der Waals surface area contributed by atoms with Gasteiger partial charge in [0.2, 0.25) is 5.91 Å². The van der Waals surface area contributed by atoms with Crippen LogP contribution in [-0.4, -0.2) is 32.6 Å². The summed E-state index contributed by atoms with van der Waals surface area (Å²) in [6, 6.07) is 4.96. The topological polar surface area (TPSA) is 44.4 Å². The maximum absolute atomic E-state index is 14.0. The summed E-state index contributed by atoms with van der Waals surface area (Å²) in [5.41, 5.74) is 1.12. The summed E-state index contributed by atoms with van der Waals surface area (Å²) in [7, 11) is 1.85. The highest BCUT2D eigenvalue weighted by Gasteiger charge is 2.19. The van der Waals surface area contributed by atoms with Gasteiger partial charge in [-0.15, -0.1) is 24.8 Å². The van der Waals surface area contributed by atoms with Crippen molar-refractivity contribution in [2.24, 2.45) is 0 Å². The Kier molecular flexibility index (Phi) is 10.1. The Morgan fingerprint density at radius 1 is 1.27 bits per heavy atom. The van der Waals surface area contributed by atoms with Crippen molar-refractivity contribution in [1.82, 2.24) is 5.32 Å². The lowest BCUT2D eigenvalue weighted by Crippen LogP contribution is -2.22. The van der Waals surface area contributed by atoms with E-state index in [0.717, 1.165) is 44.6 Å². The molecule has 1 fully saturated rings. The van der Waals surface area contributed by atoms with Crippen molar-refractivity contribution in [2.45, 2.75) is 25.7 Å². The Hall–Kier alpha value is -1.04. The van der Waals surface area contributed by atoms with E-state index in [1.807, 2.05) is 13.1 Å². The average Bonchev–Trinajstić information content (AvgIpc) is 2.95. The molecule has 1 aromatic rings. The normalized spacial score (nSPS) is 13.3. The van der Waals surface area contributed by atoms with Crippen molar-refractivity contribution >= 4 is 42.1 Å². The SMILES string of the molecule is CNCCCC(=O)Nc1c(F)cccc1N1CCCC1.Cl.Cl. The molecular formula is C15H24Cl2FN3O. The van der Waals surface area contributed by atoms with E-state index in [9.17, 15) is 9.18 Å². The van der Waals surface area contributed by atoms with E-state index in [4.69, 9.17) is 0 Å². The minimum atomic E-state index is -0.364. The molecule has 0 atom stereocenters. The molecule has 1 saturated heterocycles. The van der Waals surface area contributed by atoms with Gasteiger partial charge in [-0.25, -0.2) is 4.39 Å². The molecule has 0 bridgehead atoms. The molecule has 1 aliphatic heterocycles. The summed E-state index contributed by atoms with van der Waals surface area (Å²) in [5, 5.41) is 5.72. The second-order valence-electron chi connectivity index (χ2n) is 5.08. The monoisotopic (exact) mass is 351 g/mol. The highest BCUT2D eigenvalue weighted by atomic mass is 35.5. The number of rotatable bonds is 6. The first kappa shape index (κ1) is 21.0. The van der Waals surface area contributed by atoms with Gasteiger partial charge in [0.05, 0.1) is 5.69 Å². The van der Waals surface area contributed by atoms with Gasteiger partial charge in [-0.1, -0.05) is 6.07 Å². The molecule has 2 rings (SSSR count). The predicted octanol–water partition coefficient (Wildman–Crippen LogP) is 3.21. The van der Waals surface area contributed by atoms with Crippen molar-refractivity contribution in [2.75, 3.05) is 36.9 Å². The Balaban J connectivity index is 0.00000220. The first-order valence-electron chi connectivity index (χ1n) is 7.20. The molecule has 4 nitrogen and oxygen atoms in total. The van der Waals surface area contributed by atoms with Gasteiger partial charge in [0.25, 0.3) is 0 Å². The molecule has 0 saturated carbocycles. The smallest absolute Gasteiger partial charge is 0.224 e. The number of halogens is 3. The third kappa shape index (κ3) is 5.63. The number of para-hydroxylation sites is 1. The summed E-state index contributed by atoms with van der Waals surface area (Å²) in [5.74, 6) is -0.498. The van der Waals surface area contributed by atoms with Crippen LogP contribution in [0, 0.1) is 5.82 Å². The maximum Gasteiger partial charge on any atom is 0.224 e. The Labute approximate surface area is 143 Å². The molecule has 0 unspecified atom stereocenters. The van der Waals surface area contributed by atoms with Crippen LogP contribution < -0.4 is 15.5 Å². The fraction of sp³-hybridized carbons (Fsp3) is 0.533. The molecule has 1 aromatic carbocycles. The predicted molar refractivity (Wildman–Crippen MR) is 94.1 cm³/mol. The van der Waals surface area contributed by atoms with Crippen LogP contribution in [0.4, 0.5) is 15.8 Å².